The maximum atomic E-state index is 5.23. The topological polar surface area (TPSA) is 50.1 Å². The largest absolute Gasteiger partial charge is 0.375 e. The van der Waals surface area contributed by atoms with Crippen LogP contribution in [0.2, 0.25) is 0 Å². The van der Waals surface area contributed by atoms with E-state index in [4.69, 9.17) is 5.73 Å². The summed E-state index contributed by atoms with van der Waals surface area (Å²) in [5.74, 6) is 0. The van der Waals surface area contributed by atoms with Gasteiger partial charge in [0.1, 0.15) is 0 Å². The molecule has 0 aromatic rings. The molecule has 0 saturated heterocycles. The van der Waals surface area contributed by atoms with Crippen LogP contribution in [0.3, 0.4) is 0 Å². The third kappa shape index (κ3) is 11.7. The minimum Gasteiger partial charge on any atom is -0.375 e. The highest BCUT2D eigenvalue weighted by molar-refractivity contribution is 7.80. The zero-order valence-electron chi connectivity index (χ0n) is 8.44. The molecule has 0 bridgehead atoms. The highest BCUT2D eigenvalue weighted by Gasteiger charge is 1.89. The summed E-state index contributed by atoms with van der Waals surface area (Å²) in [6.45, 7) is 3.16. The van der Waals surface area contributed by atoms with E-state index in [2.05, 4.69) is 30.0 Å². The molecule has 0 unspecified atom stereocenters. The van der Waals surface area contributed by atoms with Gasteiger partial charge in [-0.3, -0.25) is 5.43 Å². The zero-order valence-corrected chi connectivity index (χ0v) is 9.25. The third-order valence-corrected chi connectivity index (χ3v) is 1.97. The van der Waals surface area contributed by atoms with Crippen molar-refractivity contribution in [1.29, 1.82) is 0 Å². The number of nitrogens with two attached hydrogens (primary N) is 1. The van der Waals surface area contributed by atoms with Crippen molar-refractivity contribution in [3.63, 3.8) is 0 Å². The Morgan fingerprint density at radius 3 is 2.38 bits per heavy atom. The summed E-state index contributed by atoms with van der Waals surface area (Å²) in [4.78, 5) is 0. The number of nitrogens with one attached hydrogen (secondary N) is 2. The molecular weight excluding hydrogens is 182 g/mol. The smallest absolute Gasteiger partial charge is 0.178 e. The Bertz CT molecular complexity index is 128. The van der Waals surface area contributed by atoms with Gasteiger partial charge in [0.25, 0.3) is 0 Å². The maximum Gasteiger partial charge on any atom is 0.178 e. The molecule has 3 nitrogen and oxygen atoms in total. The molecule has 0 atom stereocenters. The van der Waals surface area contributed by atoms with Gasteiger partial charge in [0, 0.05) is 6.54 Å². The van der Waals surface area contributed by atoms with Crippen molar-refractivity contribution in [2.24, 2.45) is 5.73 Å². The average Bonchev–Trinajstić information content (AvgIpc) is 2.09. The van der Waals surface area contributed by atoms with E-state index in [0.29, 0.717) is 5.11 Å². The summed E-state index contributed by atoms with van der Waals surface area (Å²) in [6.07, 6.45) is 7.83. The van der Waals surface area contributed by atoms with Crippen molar-refractivity contribution >= 4 is 17.3 Å². The number of hydrogen-bond donors (Lipinski definition) is 3. The first-order chi connectivity index (χ1) is 6.27. The van der Waals surface area contributed by atoms with Gasteiger partial charge >= 0.3 is 0 Å². The molecule has 0 fully saturated rings. The molecule has 0 heterocycles. The van der Waals surface area contributed by atoms with E-state index in [1.54, 1.807) is 0 Å². The lowest BCUT2D eigenvalue weighted by molar-refractivity contribution is 0.560. The molecular formula is C9H21N3S. The average molecular weight is 203 g/mol. The van der Waals surface area contributed by atoms with Crippen molar-refractivity contribution in [3.05, 3.63) is 0 Å². The van der Waals surface area contributed by atoms with E-state index in [1.807, 2.05) is 0 Å². The number of rotatable bonds is 8. The molecule has 4 heteroatoms. The summed E-state index contributed by atoms with van der Waals surface area (Å²) < 4.78 is 0. The summed E-state index contributed by atoms with van der Waals surface area (Å²) >= 11 is 4.63. The van der Waals surface area contributed by atoms with Gasteiger partial charge in [-0.1, -0.05) is 39.0 Å². The Labute approximate surface area is 86.4 Å². The van der Waals surface area contributed by atoms with Gasteiger partial charge in [-0.25, -0.2) is 5.43 Å². The van der Waals surface area contributed by atoms with E-state index in [1.165, 1.54) is 38.5 Å². The fourth-order valence-electron chi connectivity index (χ4n) is 1.14. The number of thiocarbonyl (C=S) groups is 1. The number of hydrogen-bond acceptors (Lipinski definition) is 2. The Hall–Kier alpha value is -0.350. The molecule has 0 rings (SSSR count). The van der Waals surface area contributed by atoms with Gasteiger partial charge in [0.2, 0.25) is 0 Å². The van der Waals surface area contributed by atoms with Crippen LogP contribution in [0.5, 0.6) is 0 Å². The Morgan fingerprint density at radius 2 is 1.77 bits per heavy atom. The first-order valence-corrected chi connectivity index (χ1v) is 5.46. The third-order valence-electron chi connectivity index (χ3n) is 1.87. The van der Waals surface area contributed by atoms with Crippen molar-refractivity contribution in [2.45, 2.75) is 45.4 Å². The molecule has 78 valence electrons. The van der Waals surface area contributed by atoms with Gasteiger partial charge in [-0.15, -0.1) is 0 Å². The molecule has 0 spiro atoms. The van der Waals surface area contributed by atoms with Crippen LogP contribution in [0.25, 0.3) is 0 Å². The van der Waals surface area contributed by atoms with Crippen LogP contribution in [0, 0.1) is 0 Å². The number of hydrazine groups is 1. The van der Waals surface area contributed by atoms with Gasteiger partial charge in [-0.05, 0) is 18.6 Å². The summed E-state index contributed by atoms with van der Waals surface area (Å²) in [5, 5.41) is 0.311. The van der Waals surface area contributed by atoms with Gasteiger partial charge in [0.15, 0.2) is 5.11 Å². The van der Waals surface area contributed by atoms with Crippen LogP contribution in [0.4, 0.5) is 0 Å². The fourth-order valence-corrected chi connectivity index (χ4v) is 1.22. The lowest BCUT2D eigenvalue weighted by Gasteiger charge is -2.05. The van der Waals surface area contributed by atoms with Gasteiger partial charge in [0.05, 0.1) is 0 Å². The summed E-state index contributed by atoms with van der Waals surface area (Å²) in [7, 11) is 0. The quantitative estimate of drug-likeness (QED) is 0.319. The summed E-state index contributed by atoms with van der Waals surface area (Å²) in [5.41, 5.74) is 10.9. The predicted octanol–water partition coefficient (Wildman–Crippen LogP) is 1.68. The van der Waals surface area contributed by atoms with Crippen LogP contribution in [-0.2, 0) is 0 Å². The lowest BCUT2D eigenvalue weighted by atomic mass is 10.1. The maximum absolute atomic E-state index is 5.23. The Balaban J connectivity index is 2.87. The van der Waals surface area contributed by atoms with Gasteiger partial charge < -0.3 is 5.73 Å². The second kappa shape index (κ2) is 9.74. The molecule has 4 N–H and O–H groups in total. The molecule has 0 aliphatic carbocycles. The van der Waals surface area contributed by atoms with Crippen molar-refractivity contribution in [3.8, 4) is 0 Å². The SMILES string of the molecule is CCCCCCCCNNC(N)=S. The second-order valence-corrected chi connectivity index (χ2v) is 3.62. The molecule has 0 saturated carbocycles. The first-order valence-electron chi connectivity index (χ1n) is 5.05. The zero-order chi connectivity index (χ0) is 9.94. The minimum atomic E-state index is 0.311. The molecule has 0 amide bonds. The monoisotopic (exact) mass is 203 g/mol. The normalized spacial score (nSPS) is 9.92. The molecule has 0 aliphatic heterocycles. The van der Waals surface area contributed by atoms with E-state index in [-0.39, 0.29) is 0 Å². The van der Waals surface area contributed by atoms with Crippen LogP contribution >= 0.6 is 12.2 Å². The molecule has 13 heavy (non-hydrogen) atoms. The molecule has 0 aromatic carbocycles. The Morgan fingerprint density at radius 1 is 1.15 bits per heavy atom. The first kappa shape index (κ1) is 12.7. The van der Waals surface area contributed by atoms with Gasteiger partial charge in [-0.2, -0.15) is 0 Å². The predicted molar refractivity (Wildman–Crippen MR) is 61.3 cm³/mol. The van der Waals surface area contributed by atoms with E-state index in [9.17, 15) is 0 Å². The highest BCUT2D eigenvalue weighted by atomic mass is 32.1. The van der Waals surface area contributed by atoms with Crippen molar-refractivity contribution in [2.75, 3.05) is 6.54 Å². The summed E-state index contributed by atoms with van der Waals surface area (Å²) in [6, 6.07) is 0. The van der Waals surface area contributed by atoms with Crippen LogP contribution in [-0.4, -0.2) is 11.7 Å². The lowest BCUT2D eigenvalue weighted by Crippen LogP contribution is -2.41. The van der Waals surface area contributed by atoms with Crippen LogP contribution in [0.1, 0.15) is 45.4 Å². The van der Waals surface area contributed by atoms with Crippen molar-refractivity contribution in [1.82, 2.24) is 10.9 Å². The molecule has 0 radical (unpaired) electrons. The van der Waals surface area contributed by atoms with E-state index < -0.39 is 0 Å². The molecule has 0 aromatic heterocycles. The van der Waals surface area contributed by atoms with Crippen molar-refractivity contribution < 1.29 is 0 Å². The fraction of sp³-hybridized carbons (Fsp3) is 0.889. The van der Waals surface area contributed by atoms with Crippen LogP contribution < -0.4 is 16.6 Å². The van der Waals surface area contributed by atoms with E-state index >= 15 is 0 Å². The standard InChI is InChI=1S/C9H21N3S/c1-2-3-4-5-6-7-8-11-12-9(10)13/h11H,2-8H2,1H3,(H3,10,12,13). The van der Waals surface area contributed by atoms with E-state index in [0.717, 1.165) is 6.54 Å². The second-order valence-electron chi connectivity index (χ2n) is 3.18. The highest BCUT2D eigenvalue weighted by Crippen LogP contribution is 2.03. The number of unbranched alkanes of at least 4 members (excludes halogenated alkanes) is 5. The minimum absolute atomic E-state index is 0.311. The van der Waals surface area contributed by atoms with Crippen LogP contribution in [0.15, 0.2) is 0 Å². The Kier molecular flexibility index (Phi) is 9.47. The molecule has 0 aliphatic rings.